The van der Waals surface area contributed by atoms with E-state index in [1.807, 2.05) is 0 Å². The Morgan fingerprint density at radius 1 is 1.30 bits per heavy atom. The van der Waals surface area contributed by atoms with Crippen molar-refractivity contribution in [1.29, 1.82) is 0 Å². The number of hydrogen-bond acceptors (Lipinski definition) is 4. The number of piperidine rings is 1. The maximum Gasteiger partial charge on any atom is 0.303 e. The first-order valence-corrected chi connectivity index (χ1v) is 7.03. The topological polar surface area (TPSA) is 81.0 Å². The van der Waals surface area contributed by atoms with Crippen molar-refractivity contribution in [2.45, 2.75) is 44.7 Å². The fourth-order valence-corrected chi connectivity index (χ4v) is 2.79. The molecule has 0 bridgehead atoms. The molecule has 0 saturated carbocycles. The Balaban J connectivity index is 2.02. The number of carboxylic acid groups (broad SMARTS) is 1. The van der Waals surface area contributed by atoms with Crippen molar-refractivity contribution < 1.29 is 20.1 Å². The van der Waals surface area contributed by atoms with E-state index in [9.17, 15) is 15.0 Å². The van der Waals surface area contributed by atoms with Crippen LogP contribution in [0.5, 0.6) is 11.5 Å². The molecule has 1 aliphatic rings. The monoisotopic (exact) mass is 279 g/mol. The number of nitrogens with zero attached hydrogens (tertiary/aromatic N) is 1. The average Bonchev–Trinajstić information content (AvgIpc) is 2.41. The molecular weight excluding hydrogens is 258 g/mol. The fraction of sp³-hybridized carbons (Fsp3) is 0.533. The summed E-state index contributed by atoms with van der Waals surface area (Å²) in [5.74, 6) is -0.622. The number of benzene rings is 1. The van der Waals surface area contributed by atoms with E-state index in [1.54, 1.807) is 12.1 Å². The number of aromatic hydroxyl groups is 2. The van der Waals surface area contributed by atoms with E-state index in [2.05, 4.69) is 4.90 Å². The van der Waals surface area contributed by atoms with Crippen LogP contribution in [-0.2, 0) is 11.3 Å². The lowest BCUT2D eigenvalue weighted by Crippen LogP contribution is -2.39. The maximum absolute atomic E-state index is 10.7. The minimum atomic E-state index is -0.761. The fourth-order valence-electron chi connectivity index (χ4n) is 2.79. The second kappa shape index (κ2) is 6.61. The van der Waals surface area contributed by atoms with Crippen LogP contribution >= 0.6 is 0 Å². The van der Waals surface area contributed by atoms with Crippen molar-refractivity contribution in [2.24, 2.45) is 0 Å². The molecule has 1 aromatic carbocycles. The molecular formula is C15H21NO4. The van der Waals surface area contributed by atoms with Gasteiger partial charge in [-0.15, -0.1) is 0 Å². The molecule has 5 heteroatoms. The van der Waals surface area contributed by atoms with E-state index >= 15 is 0 Å². The summed E-state index contributed by atoms with van der Waals surface area (Å²) in [5.41, 5.74) is 0.769. The molecule has 5 nitrogen and oxygen atoms in total. The van der Waals surface area contributed by atoms with Gasteiger partial charge < -0.3 is 15.3 Å². The van der Waals surface area contributed by atoms with Gasteiger partial charge in [-0.25, -0.2) is 0 Å². The lowest BCUT2D eigenvalue weighted by Gasteiger charge is -2.35. The number of likely N-dealkylation sites (tertiary alicyclic amines) is 1. The third-order valence-corrected chi connectivity index (χ3v) is 3.88. The first-order chi connectivity index (χ1) is 9.56. The van der Waals surface area contributed by atoms with Gasteiger partial charge in [0, 0.05) is 30.6 Å². The Morgan fingerprint density at radius 3 is 2.80 bits per heavy atom. The number of carboxylic acids is 1. The van der Waals surface area contributed by atoms with Crippen molar-refractivity contribution in [3.8, 4) is 11.5 Å². The summed E-state index contributed by atoms with van der Waals surface area (Å²) in [6.45, 7) is 1.51. The number of phenols is 2. The second-order valence-electron chi connectivity index (χ2n) is 5.37. The van der Waals surface area contributed by atoms with Gasteiger partial charge in [-0.3, -0.25) is 9.69 Å². The highest BCUT2D eigenvalue weighted by molar-refractivity contribution is 5.66. The van der Waals surface area contributed by atoms with E-state index in [4.69, 9.17) is 5.11 Å². The van der Waals surface area contributed by atoms with Gasteiger partial charge in [0.25, 0.3) is 0 Å². The van der Waals surface area contributed by atoms with Crippen molar-refractivity contribution in [2.75, 3.05) is 6.54 Å². The maximum atomic E-state index is 10.7. The summed E-state index contributed by atoms with van der Waals surface area (Å²) < 4.78 is 0. The van der Waals surface area contributed by atoms with Crippen LogP contribution in [-0.4, -0.2) is 38.8 Å². The highest BCUT2D eigenvalue weighted by Crippen LogP contribution is 2.28. The zero-order valence-corrected chi connectivity index (χ0v) is 11.5. The summed E-state index contributed by atoms with van der Waals surface area (Å²) in [4.78, 5) is 12.9. The minimum Gasteiger partial charge on any atom is -0.508 e. The lowest BCUT2D eigenvalue weighted by atomic mass is 9.97. The largest absolute Gasteiger partial charge is 0.508 e. The molecule has 1 aromatic rings. The molecule has 110 valence electrons. The Hall–Kier alpha value is -1.75. The SMILES string of the molecule is O=C(O)CCC1CCCCN1Cc1ccc(O)cc1O. The van der Waals surface area contributed by atoms with Crippen LogP contribution in [0.1, 0.15) is 37.7 Å². The Labute approximate surface area is 118 Å². The van der Waals surface area contributed by atoms with Gasteiger partial charge in [-0.2, -0.15) is 0 Å². The van der Waals surface area contributed by atoms with Crippen LogP contribution in [0, 0.1) is 0 Å². The molecule has 1 saturated heterocycles. The predicted molar refractivity (Wildman–Crippen MR) is 74.7 cm³/mol. The van der Waals surface area contributed by atoms with Gasteiger partial charge in [-0.05, 0) is 31.9 Å². The van der Waals surface area contributed by atoms with Gasteiger partial charge in [0.2, 0.25) is 0 Å². The summed E-state index contributed by atoms with van der Waals surface area (Å²) in [6.07, 6.45) is 4.06. The Kier molecular flexibility index (Phi) is 4.84. The van der Waals surface area contributed by atoms with Gasteiger partial charge in [-0.1, -0.05) is 12.5 Å². The number of phenolic OH excluding ortho intramolecular Hbond substituents is 2. The van der Waals surface area contributed by atoms with E-state index in [-0.39, 0.29) is 24.0 Å². The molecule has 1 heterocycles. The molecule has 0 spiro atoms. The quantitative estimate of drug-likeness (QED) is 0.770. The Morgan fingerprint density at radius 2 is 2.10 bits per heavy atom. The molecule has 3 N–H and O–H groups in total. The standard InChI is InChI=1S/C15H21NO4/c17-13-6-4-11(14(18)9-13)10-16-8-2-1-3-12(16)5-7-15(19)20/h4,6,9,12,17-18H,1-3,5,7-8,10H2,(H,19,20). The van der Waals surface area contributed by atoms with E-state index in [0.29, 0.717) is 13.0 Å². The zero-order valence-electron chi connectivity index (χ0n) is 11.5. The molecule has 2 rings (SSSR count). The van der Waals surface area contributed by atoms with Crippen LogP contribution < -0.4 is 0 Å². The first-order valence-electron chi connectivity index (χ1n) is 7.03. The molecule has 0 aliphatic carbocycles. The molecule has 0 amide bonds. The summed E-state index contributed by atoms with van der Waals surface area (Å²) >= 11 is 0. The normalized spacial score (nSPS) is 19.9. The van der Waals surface area contributed by atoms with Gasteiger partial charge in [0.05, 0.1) is 0 Å². The predicted octanol–water partition coefficient (Wildman–Crippen LogP) is 2.32. The number of hydrogen-bond donors (Lipinski definition) is 3. The van der Waals surface area contributed by atoms with Crippen molar-refractivity contribution in [1.82, 2.24) is 4.90 Å². The molecule has 0 aromatic heterocycles. The minimum absolute atomic E-state index is 0.0484. The van der Waals surface area contributed by atoms with Crippen LogP contribution in [0.4, 0.5) is 0 Å². The molecule has 0 radical (unpaired) electrons. The molecule has 20 heavy (non-hydrogen) atoms. The van der Waals surface area contributed by atoms with Crippen LogP contribution in [0.25, 0.3) is 0 Å². The van der Waals surface area contributed by atoms with Crippen LogP contribution in [0.3, 0.4) is 0 Å². The molecule has 1 atom stereocenters. The van der Waals surface area contributed by atoms with Crippen LogP contribution in [0.15, 0.2) is 18.2 Å². The van der Waals surface area contributed by atoms with Gasteiger partial charge in [0.1, 0.15) is 11.5 Å². The smallest absolute Gasteiger partial charge is 0.303 e. The zero-order chi connectivity index (χ0) is 14.5. The van der Waals surface area contributed by atoms with Crippen LogP contribution in [0.2, 0.25) is 0 Å². The third-order valence-electron chi connectivity index (χ3n) is 3.88. The van der Waals surface area contributed by atoms with Gasteiger partial charge in [0.15, 0.2) is 0 Å². The van der Waals surface area contributed by atoms with Crippen molar-refractivity contribution in [3.63, 3.8) is 0 Å². The first kappa shape index (κ1) is 14.7. The Bertz CT molecular complexity index is 475. The van der Waals surface area contributed by atoms with E-state index in [1.165, 1.54) is 6.07 Å². The summed E-state index contributed by atoms with van der Waals surface area (Å²) in [7, 11) is 0. The van der Waals surface area contributed by atoms with E-state index in [0.717, 1.165) is 31.4 Å². The highest BCUT2D eigenvalue weighted by Gasteiger charge is 2.23. The molecule has 1 unspecified atom stereocenters. The highest BCUT2D eigenvalue weighted by atomic mass is 16.4. The van der Waals surface area contributed by atoms with Crippen molar-refractivity contribution in [3.05, 3.63) is 23.8 Å². The molecule has 1 fully saturated rings. The number of aliphatic carboxylic acids is 1. The van der Waals surface area contributed by atoms with Crippen molar-refractivity contribution >= 4 is 5.97 Å². The number of rotatable bonds is 5. The lowest BCUT2D eigenvalue weighted by molar-refractivity contribution is -0.137. The number of carbonyl (C=O) groups is 1. The molecule has 1 aliphatic heterocycles. The summed E-state index contributed by atoms with van der Waals surface area (Å²) in [6, 6.07) is 4.87. The van der Waals surface area contributed by atoms with E-state index < -0.39 is 5.97 Å². The summed E-state index contributed by atoms with van der Waals surface area (Å²) in [5, 5.41) is 28.0. The second-order valence-corrected chi connectivity index (χ2v) is 5.37. The van der Waals surface area contributed by atoms with Gasteiger partial charge >= 0.3 is 5.97 Å². The average molecular weight is 279 g/mol. The third kappa shape index (κ3) is 3.87.